The van der Waals surface area contributed by atoms with Crippen LogP contribution in [-0.2, 0) is 45.7 Å². The summed E-state index contributed by atoms with van der Waals surface area (Å²) in [5.74, 6) is -0.443. The van der Waals surface area contributed by atoms with E-state index in [-0.39, 0.29) is 17.9 Å². The molecule has 1 heterocycles. The Morgan fingerprint density at radius 1 is 0.714 bits per heavy atom. The van der Waals surface area contributed by atoms with E-state index in [4.69, 9.17) is 4.74 Å². The van der Waals surface area contributed by atoms with E-state index in [1.807, 2.05) is 121 Å². The van der Waals surface area contributed by atoms with E-state index in [1.54, 1.807) is 0 Å². The largest absolute Gasteiger partial charge is 0.459 e. The maximum absolute atomic E-state index is 14.8. The summed E-state index contributed by atoms with van der Waals surface area (Å²) < 4.78 is 38.8. The monoisotopic (exact) mass is 646 g/mol. The van der Waals surface area contributed by atoms with Gasteiger partial charge < -0.3 is 4.74 Å². The Hall–Kier alpha value is -3.30. The highest BCUT2D eigenvalue weighted by Gasteiger charge is 2.54. The fraction of sp³-hybridized carbons (Fsp3) is 0.265. The lowest BCUT2D eigenvalue weighted by molar-refractivity contribution is -0.154. The second-order valence-corrected chi connectivity index (χ2v) is 13.6. The molecule has 4 atom stereocenters. The lowest BCUT2D eigenvalue weighted by Crippen LogP contribution is -2.69. The summed E-state index contributed by atoms with van der Waals surface area (Å²) in [5, 5.41) is 0. The predicted molar refractivity (Wildman–Crippen MR) is 169 cm³/mol. The molecule has 8 heteroatoms. The van der Waals surface area contributed by atoms with Crippen LogP contribution in [0.15, 0.2) is 121 Å². The van der Waals surface area contributed by atoms with Crippen molar-refractivity contribution in [2.24, 2.45) is 0 Å². The molecule has 4 aromatic rings. The van der Waals surface area contributed by atoms with Crippen molar-refractivity contribution in [1.29, 1.82) is 0 Å². The van der Waals surface area contributed by atoms with E-state index in [9.17, 15) is 13.2 Å². The number of carbonyl (C=O) groups excluding carboxylic acids is 1. The summed E-state index contributed by atoms with van der Waals surface area (Å²) in [7, 11) is -4.04. The standard InChI is InChI=1S/C34H35BrN2O4S/c1-26(38)41-34-32(23-28-16-8-3-9-17-28)36(24-29-18-10-4-11-19-29)42(39,40)37(25-30-20-12-5-13-21-30)33(34)31(35)22-27-14-6-2-7-15-27/h2-21,31-34H,22-25H2,1H3/t31-,32+,33+,34-/m0/s1. The molecule has 0 radical (unpaired) electrons. The Bertz CT molecular complexity index is 1540. The van der Waals surface area contributed by atoms with Crippen LogP contribution >= 0.6 is 15.9 Å². The van der Waals surface area contributed by atoms with Crippen molar-refractivity contribution in [2.45, 2.75) is 55.9 Å². The van der Waals surface area contributed by atoms with Crippen molar-refractivity contribution in [2.75, 3.05) is 0 Å². The van der Waals surface area contributed by atoms with Crippen LogP contribution < -0.4 is 0 Å². The van der Waals surface area contributed by atoms with Gasteiger partial charge in [0.15, 0.2) is 0 Å². The van der Waals surface area contributed by atoms with Crippen LogP contribution in [0, 0.1) is 0 Å². The molecule has 42 heavy (non-hydrogen) atoms. The Labute approximate surface area is 257 Å². The minimum atomic E-state index is -4.04. The number of benzene rings is 4. The van der Waals surface area contributed by atoms with E-state index in [0.717, 1.165) is 22.3 Å². The van der Waals surface area contributed by atoms with Gasteiger partial charge in [-0.25, -0.2) is 0 Å². The first-order chi connectivity index (χ1) is 20.3. The van der Waals surface area contributed by atoms with Gasteiger partial charge in [-0.2, -0.15) is 17.0 Å². The average molecular weight is 648 g/mol. The van der Waals surface area contributed by atoms with E-state index in [1.165, 1.54) is 15.5 Å². The highest BCUT2D eigenvalue weighted by molar-refractivity contribution is 9.09. The number of hydrogen-bond donors (Lipinski definition) is 0. The zero-order chi connectivity index (χ0) is 29.5. The zero-order valence-electron chi connectivity index (χ0n) is 23.5. The molecule has 5 rings (SSSR count). The molecule has 1 aliphatic rings. The van der Waals surface area contributed by atoms with Crippen molar-refractivity contribution >= 4 is 32.1 Å². The topological polar surface area (TPSA) is 66.9 Å². The van der Waals surface area contributed by atoms with Gasteiger partial charge >= 0.3 is 5.97 Å². The molecule has 0 spiro atoms. The van der Waals surface area contributed by atoms with E-state index >= 15 is 0 Å². The predicted octanol–water partition coefficient (Wildman–Crippen LogP) is 6.17. The number of esters is 1. The number of alkyl halides is 1. The maximum Gasteiger partial charge on any atom is 0.303 e. The fourth-order valence-corrected chi connectivity index (χ4v) is 8.81. The van der Waals surface area contributed by atoms with Crippen LogP contribution in [0.2, 0.25) is 0 Å². The van der Waals surface area contributed by atoms with Crippen molar-refractivity contribution in [3.63, 3.8) is 0 Å². The lowest BCUT2D eigenvalue weighted by atomic mass is 9.91. The van der Waals surface area contributed by atoms with Gasteiger partial charge in [0.25, 0.3) is 10.2 Å². The van der Waals surface area contributed by atoms with Crippen LogP contribution in [0.25, 0.3) is 0 Å². The Balaban J connectivity index is 1.65. The van der Waals surface area contributed by atoms with E-state index in [0.29, 0.717) is 12.8 Å². The van der Waals surface area contributed by atoms with Gasteiger partial charge in [0.1, 0.15) is 6.10 Å². The van der Waals surface area contributed by atoms with Crippen molar-refractivity contribution in [1.82, 2.24) is 8.61 Å². The molecule has 4 aromatic carbocycles. The first kappa shape index (κ1) is 30.2. The van der Waals surface area contributed by atoms with Gasteiger partial charge in [0.2, 0.25) is 0 Å². The van der Waals surface area contributed by atoms with Crippen LogP contribution in [0.5, 0.6) is 0 Å². The van der Waals surface area contributed by atoms with E-state index < -0.39 is 34.4 Å². The highest BCUT2D eigenvalue weighted by Crippen LogP contribution is 2.38. The Kier molecular flexibility index (Phi) is 9.90. The molecule has 0 amide bonds. The van der Waals surface area contributed by atoms with Crippen molar-refractivity contribution in [3.8, 4) is 0 Å². The van der Waals surface area contributed by atoms with Crippen LogP contribution in [0.1, 0.15) is 29.2 Å². The molecule has 0 aliphatic carbocycles. The molecule has 6 nitrogen and oxygen atoms in total. The third-order valence-corrected chi connectivity index (χ3v) is 10.4. The number of carbonyl (C=O) groups is 1. The quantitative estimate of drug-likeness (QED) is 0.153. The molecule has 0 saturated carbocycles. The minimum absolute atomic E-state index is 0.145. The van der Waals surface area contributed by atoms with Crippen molar-refractivity contribution < 1.29 is 17.9 Å². The SMILES string of the molecule is CC(=O)O[C@@H]1[C@@H]([C@@H](Br)Cc2ccccc2)N(Cc2ccccc2)S(=O)(=O)N(Cc2ccccc2)[C@@H]1Cc1ccccc1. The maximum atomic E-state index is 14.8. The first-order valence-electron chi connectivity index (χ1n) is 14.1. The number of halogens is 1. The average Bonchev–Trinajstić information content (AvgIpc) is 2.99. The molecule has 0 unspecified atom stereocenters. The second-order valence-electron chi connectivity index (χ2n) is 10.6. The molecule has 0 N–H and O–H groups in total. The summed E-state index contributed by atoms with van der Waals surface area (Å²) in [6.45, 7) is 1.69. The minimum Gasteiger partial charge on any atom is -0.459 e. The normalized spacial score (nSPS) is 21.4. The molecule has 1 aliphatic heterocycles. The third kappa shape index (κ3) is 7.18. The fourth-order valence-electron chi connectivity index (χ4n) is 5.69. The molecular formula is C34H35BrN2O4S. The van der Waals surface area contributed by atoms with Crippen molar-refractivity contribution in [3.05, 3.63) is 144 Å². The smallest absolute Gasteiger partial charge is 0.303 e. The number of rotatable bonds is 10. The Morgan fingerprint density at radius 2 is 1.14 bits per heavy atom. The molecule has 218 valence electrons. The number of nitrogens with zero attached hydrogens (tertiary/aromatic N) is 2. The molecule has 0 bridgehead atoms. The van der Waals surface area contributed by atoms with Gasteiger partial charge in [-0.1, -0.05) is 137 Å². The second kappa shape index (κ2) is 13.8. The number of hydrogen-bond acceptors (Lipinski definition) is 4. The third-order valence-electron chi connectivity index (χ3n) is 7.61. The van der Waals surface area contributed by atoms with Gasteiger partial charge in [-0.3, -0.25) is 4.79 Å². The summed E-state index contributed by atoms with van der Waals surface area (Å²) in [4.78, 5) is 12.4. The van der Waals surface area contributed by atoms with E-state index in [2.05, 4.69) is 15.9 Å². The molecule has 1 fully saturated rings. The van der Waals surface area contributed by atoms with Gasteiger partial charge in [0.05, 0.1) is 12.1 Å². The first-order valence-corrected chi connectivity index (χ1v) is 16.4. The zero-order valence-corrected chi connectivity index (χ0v) is 25.9. The van der Waals surface area contributed by atoms with Crippen LogP contribution in [0.4, 0.5) is 0 Å². The summed E-state index contributed by atoms with van der Waals surface area (Å²) in [6.07, 6.45) is 0.207. The summed E-state index contributed by atoms with van der Waals surface area (Å²) in [6, 6.07) is 37.6. The molecule has 1 saturated heterocycles. The molecular weight excluding hydrogens is 612 g/mol. The molecule has 0 aromatic heterocycles. The van der Waals surface area contributed by atoms with Crippen LogP contribution in [-0.4, -0.2) is 46.0 Å². The summed E-state index contributed by atoms with van der Waals surface area (Å²) >= 11 is 3.90. The summed E-state index contributed by atoms with van der Waals surface area (Å²) in [5.41, 5.74) is 3.74. The lowest BCUT2D eigenvalue weighted by Gasteiger charge is -2.50. The highest BCUT2D eigenvalue weighted by atomic mass is 79.9. The Morgan fingerprint density at radius 3 is 1.62 bits per heavy atom. The van der Waals surface area contributed by atoms with Crippen LogP contribution in [0.3, 0.4) is 0 Å². The van der Waals surface area contributed by atoms with Gasteiger partial charge in [-0.05, 0) is 35.1 Å². The van der Waals surface area contributed by atoms with Gasteiger partial charge in [0, 0.05) is 24.8 Å². The number of ether oxygens (including phenoxy) is 1. The van der Waals surface area contributed by atoms with Gasteiger partial charge in [-0.15, -0.1) is 0 Å².